The van der Waals surface area contributed by atoms with E-state index in [4.69, 9.17) is 0 Å². The van der Waals surface area contributed by atoms with Gasteiger partial charge in [0, 0.05) is 36.0 Å². The van der Waals surface area contributed by atoms with Crippen molar-refractivity contribution >= 4 is 5.78 Å². The summed E-state index contributed by atoms with van der Waals surface area (Å²) in [6, 6.07) is 14.1. The minimum atomic E-state index is -0.482. The SMILES string of the molecule is CCC1CC(NC(C)c2ccc(C(=O)c3ccccc3)c(F)c2)=CN1. The van der Waals surface area contributed by atoms with Crippen molar-refractivity contribution in [3.8, 4) is 0 Å². The van der Waals surface area contributed by atoms with Crippen LogP contribution < -0.4 is 10.6 Å². The lowest BCUT2D eigenvalue weighted by Gasteiger charge is -2.17. The molecule has 2 atom stereocenters. The van der Waals surface area contributed by atoms with Gasteiger partial charge in [-0.3, -0.25) is 4.79 Å². The Morgan fingerprint density at radius 1 is 1.28 bits per heavy atom. The molecule has 25 heavy (non-hydrogen) atoms. The molecule has 4 heteroatoms. The van der Waals surface area contributed by atoms with Gasteiger partial charge in [-0.25, -0.2) is 4.39 Å². The van der Waals surface area contributed by atoms with E-state index < -0.39 is 5.82 Å². The zero-order valence-corrected chi connectivity index (χ0v) is 14.6. The van der Waals surface area contributed by atoms with Gasteiger partial charge in [0.1, 0.15) is 5.82 Å². The fourth-order valence-electron chi connectivity index (χ4n) is 3.06. The highest BCUT2D eigenvalue weighted by molar-refractivity contribution is 6.09. The first-order chi connectivity index (χ1) is 12.1. The van der Waals surface area contributed by atoms with Crippen LogP contribution in [-0.4, -0.2) is 11.8 Å². The largest absolute Gasteiger partial charge is 0.386 e. The Balaban J connectivity index is 1.72. The molecule has 1 aliphatic heterocycles. The van der Waals surface area contributed by atoms with Gasteiger partial charge >= 0.3 is 0 Å². The van der Waals surface area contributed by atoms with Crippen LogP contribution in [-0.2, 0) is 0 Å². The number of nitrogens with one attached hydrogen (secondary N) is 2. The third-order valence-electron chi connectivity index (χ3n) is 4.63. The molecular weight excluding hydrogens is 315 g/mol. The van der Waals surface area contributed by atoms with Crippen molar-refractivity contribution in [2.45, 2.75) is 38.8 Å². The lowest BCUT2D eigenvalue weighted by atomic mass is 9.99. The molecule has 0 saturated carbocycles. The number of benzene rings is 2. The average molecular weight is 338 g/mol. The molecule has 2 aromatic carbocycles. The van der Waals surface area contributed by atoms with Crippen LogP contribution in [0.5, 0.6) is 0 Å². The molecule has 130 valence electrons. The molecule has 2 aromatic rings. The summed E-state index contributed by atoms with van der Waals surface area (Å²) in [5.74, 6) is -0.774. The summed E-state index contributed by atoms with van der Waals surface area (Å²) in [6.45, 7) is 4.14. The van der Waals surface area contributed by atoms with Crippen LogP contribution in [0.2, 0.25) is 0 Å². The first kappa shape index (κ1) is 17.2. The van der Waals surface area contributed by atoms with Crippen LogP contribution in [0.1, 0.15) is 54.2 Å². The van der Waals surface area contributed by atoms with Gasteiger partial charge in [0.15, 0.2) is 5.78 Å². The van der Waals surface area contributed by atoms with Crippen molar-refractivity contribution in [2.75, 3.05) is 0 Å². The molecule has 3 rings (SSSR count). The molecule has 0 aliphatic carbocycles. The number of hydrogen-bond donors (Lipinski definition) is 2. The minimum Gasteiger partial charge on any atom is -0.386 e. The van der Waals surface area contributed by atoms with Gasteiger partial charge in [0.25, 0.3) is 0 Å². The van der Waals surface area contributed by atoms with E-state index in [9.17, 15) is 9.18 Å². The molecule has 2 N–H and O–H groups in total. The smallest absolute Gasteiger partial charge is 0.195 e. The zero-order valence-electron chi connectivity index (χ0n) is 14.6. The van der Waals surface area contributed by atoms with Gasteiger partial charge < -0.3 is 10.6 Å². The standard InChI is InChI=1S/C21H23FN2O/c1-3-17-12-18(13-23-17)24-14(2)16-9-10-19(20(22)11-16)21(25)15-7-5-4-6-8-15/h4-11,13-14,17,23-24H,3,12H2,1-2H3. The number of halogens is 1. The second-order valence-electron chi connectivity index (χ2n) is 6.45. The van der Waals surface area contributed by atoms with Crippen LogP contribution in [0.15, 0.2) is 60.4 Å². The topological polar surface area (TPSA) is 41.1 Å². The highest BCUT2D eigenvalue weighted by Crippen LogP contribution is 2.22. The fraction of sp³-hybridized carbons (Fsp3) is 0.286. The summed E-state index contributed by atoms with van der Waals surface area (Å²) in [7, 11) is 0. The molecule has 0 aromatic heterocycles. The lowest BCUT2D eigenvalue weighted by molar-refractivity contribution is 0.103. The third-order valence-corrected chi connectivity index (χ3v) is 4.63. The molecule has 3 nitrogen and oxygen atoms in total. The monoisotopic (exact) mass is 338 g/mol. The molecule has 1 aliphatic rings. The van der Waals surface area contributed by atoms with Crippen LogP contribution >= 0.6 is 0 Å². The van der Waals surface area contributed by atoms with Crippen LogP contribution in [0, 0.1) is 5.82 Å². The van der Waals surface area contributed by atoms with Crippen molar-refractivity contribution in [2.24, 2.45) is 0 Å². The molecular formula is C21H23FN2O. The molecule has 0 radical (unpaired) electrons. The Labute approximate surface area is 148 Å². The number of carbonyl (C=O) groups is 1. The summed E-state index contributed by atoms with van der Waals surface area (Å²) >= 11 is 0. The van der Waals surface area contributed by atoms with Gasteiger partial charge in [-0.1, -0.05) is 43.3 Å². The second-order valence-corrected chi connectivity index (χ2v) is 6.45. The summed E-state index contributed by atoms with van der Waals surface area (Å²) in [4.78, 5) is 12.4. The Morgan fingerprint density at radius 2 is 2.04 bits per heavy atom. The quantitative estimate of drug-likeness (QED) is 0.771. The number of ketones is 1. The molecule has 0 amide bonds. The molecule has 0 spiro atoms. The normalized spacial score (nSPS) is 17.6. The number of hydrogen-bond acceptors (Lipinski definition) is 3. The predicted molar refractivity (Wildman–Crippen MR) is 97.7 cm³/mol. The third kappa shape index (κ3) is 3.90. The maximum Gasteiger partial charge on any atom is 0.195 e. The summed E-state index contributed by atoms with van der Waals surface area (Å²) in [5, 5.41) is 6.74. The van der Waals surface area contributed by atoms with Crippen LogP contribution in [0.25, 0.3) is 0 Å². The Kier molecular flexibility index (Phi) is 5.17. The van der Waals surface area contributed by atoms with Crippen molar-refractivity contribution in [1.29, 1.82) is 0 Å². The maximum atomic E-state index is 14.5. The van der Waals surface area contributed by atoms with Crippen LogP contribution in [0.4, 0.5) is 4.39 Å². The zero-order chi connectivity index (χ0) is 17.8. The predicted octanol–water partition coefficient (Wildman–Crippen LogP) is 4.32. The van der Waals surface area contributed by atoms with Gasteiger partial charge in [-0.2, -0.15) is 0 Å². The second kappa shape index (κ2) is 7.51. The van der Waals surface area contributed by atoms with Crippen molar-refractivity contribution in [3.05, 3.63) is 82.9 Å². The molecule has 1 heterocycles. The van der Waals surface area contributed by atoms with E-state index in [0.717, 1.165) is 24.1 Å². The van der Waals surface area contributed by atoms with Crippen LogP contribution in [0.3, 0.4) is 0 Å². The van der Waals surface area contributed by atoms with E-state index in [-0.39, 0.29) is 17.4 Å². The summed E-state index contributed by atoms with van der Waals surface area (Å²) in [5.41, 5.74) is 2.55. The van der Waals surface area contributed by atoms with E-state index in [0.29, 0.717) is 11.6 Å². The van der Waals surface area contributed by atoms with Gasteiger partial charge in [-0.15, -0.1) is 0 Å². The van der Waals surface area contributed by atoms with E-state index in [1.165, 1.54) is 6.07 Å². The van der Waals surface area contributed by atoms with Gasteiger partial charge in [0.2, 0.25) is 0 Å². The van der Waals surface area contributed by atoms with Gasteiger partial charge in [-0.05, 0) is 31.0 Å². The number of carbonyl (C=O) groups excluding carboxylic acids is 1. The molecule has 0 saturated heterocycles. The van der Waals surface area contributed by atoms with Crippen molar-refractivity contribution in [1.82, 2.24) is 10.6 Å². The lowest BCUT2D eigenvalue weighted by Crippen LogP contribution is -2.20. The Bertz CT molecular complexity index is 786. The van der Waals surface area contributed by atoms with E-state index in [2.05, 4.69) is 17.6 Å². The highest BCUT2D eigenvalue weighted by Gasteiger charge is 2.18. The van der Waals surface area contributed by atoms with Crippen molar-refractivity contribution in [3.63, 3.8) is 0 Å². The average Bonchev–Trinajstić information content (AvgIpc) is 3.09. The fourth-order valence-corrected chi connectivity index (χ4v) is 3.06. The molecule has 2 unspecified atom stereocenters. The Hall–Kier alpha value is -2.62. The Morgan fingerprint density at radius 3 is 2.68 bits per heavy atom. The highest BCUT2D eigenvalue weighted by atomic mass is 19.1. The minimum absolute atomic E-state index is 0.0287. The van der Waals surface area contributed by atoms with E-state index >= 15 is 0 Å². The summed E-state index contributed by atoms with van der Waals surface area (Å²) in [6.07, 6.45) is 4.02. The first-order valence-corrected chi connectivity index (χ1v) is 8.69. The van der Waals surface area contributed by atoms with E-state index in [1.54, 1.807) is 30.3 Å². The summed E-state index contributed by atoms with van der Waals surface area (Å²) < 4.78 is 14.5. The molecule has 0 fully saturated rings. The number of rotatable bonds is 6. The first-order valence-electron chi connectivity index (χ1n) is 8.69. The maximum absolute atomic E-state index is 14.5. The molecule has 0 bridgehead atoms. The van der Waals surface area contributed by atoms with Crippen molar-refractivity contribution < 1.29 is 9.18 Å². The van der Waals surface area contributed by atoms with Gasteiger partial charge in [0.05, 0.1) is 5.56 Å². The van der Waals surface area contributed by atoms with E-state index in [1.807, 2.05) is 25.3 Å².